The lowest BCUT2D eigenvalue weighted by atomic mass is 10.0. The Hall–Kier alpha value is -0.930. The molecular weight excluding hydrogens is 238 g/mol. The first-order valence-electron chi connectivity index (χ1n) is 5.80. The van der Waals surface area contributed by atoms with Crippen molar-refractivity contribution in [1.29, 1.82) is 0 Å². The molecule has 1 aromatic carbocycles. The van der Waals surface area contributed by atoms with Crippen molar-refractivity contribution in [3.05, 3.63) is 22.7 Å². The molecule has 1 aliphatic rings. The van der Waals surface area contributed by atoms with Gasteiger partial charge in [0.25, 0.3) is 0 Å². The van der Waals surface area contributed by atoms with E-state index in [0.717, 1.165) is 24.3 Å². The Morgan fingerprint density at radius 3 is 2.47 bits per heavy atom. The van der Waals surface area contributed by atoms with Gasteiger partial charge in [0, 0.05) is 17.7 Å². The molecule has 1 fully saturated rings. The number of benzene rings is 1. The van der Waals surface area contributed by atoms with E-state index in [0.29, 0.717) is 22.7 Å². The molecule has 17 heavy (non-hydrogen) atoms. The summed E-state index contributed by atoms with van der Waals surface area (Å²) in [6.45, 7) is 3.28. The van der Waals surface area contributed by atoms with Gasteiger partial charge in [-0.15, -0.1) is 0 Å². The second kappa shape index (κ2) is 5.15. The second-order valence-electron chi connectivity index (χ2n) is 4.53. The van der Waals surface area contributed by atoms with Gasteiger partial charge in [-0.25, -0.2) is 0 Å². The van der Waals surface area contributed by atoms with E-state index in [9.17, 15) is 0 Å². The number of halogens is 1. The van der Waals surface area contributed by atoms with Crippen LogP contribution in [-0.2, 0) is 0 Å². The molecule has 4 heteroatoms. The third-order valence-corrected chi connectivity index (χ3v) is 3.53. The molecule has 2 rings (SSSR count). The number of ether oxygens (including phenoxy) is 2. The van der Waals surface area contributed by atoms with Crippen LogP contribution in [0.5, 0.6) is 11.5 Å². The average Bonchev–Trinajstić information content (AvgIpc) is 2.75. The highest BCUT2D eigenvalue weighted by Gasteiger charge is 2.25. The number of hydrogen-bond donors (Lipinski definition) is 1. The molecule has 94 valence electrons. The van der Waals surface area contributed by atoms with Crippen molar-refractivity contribution in [1.82, 2.24) is 5.32 Å². The van der Waals surface area contributed by atoms with Gasteiger partial charge in [-0.2, -0.15) is 0 Å². The summed E-state index contributed by atoms with van der Waals surface area (Å²) in [5, 5.41) is 4.11. The molecule has 1 N–H and O–H groups in total. The van der Waals surface area contributed by atoms with Crippen LogP contribution >= 0.6 is 11.6 Å². The SMILES string of the molecule is COc1cc(OC)c(C2CC(C)CN2)cc1Cl. The predicted molar refractivity (Wildman–Crippen MR) is 69.1 cm³/mol. The van der Waals surface area contributed by atoms with E-state index < -0.39 is 0 Å². The zero-order valence-electron chi connectivity index (χ0n) is 10.4. The number of nitrogens with one attached hydrogen (secondary N) is 1. The third-order valence-electron chi connectivity index (χ3n) is 3.23. The van der Waals surface area contributed by atoms with E-state index in [1.54, 1.807) is 14.2 Å². The average molecular weight is 256 g/mol. The van der Waals surface area contributed by atoms with Gasteiger partial charge in [0.15, 0.2) is 0 Å². The first-order chi connectivity index (χ1) is 8.15. The van der Waals surface area contributed by atoms with Gasteiger partial charge in [-0.1, -0.05) is 18.5 Å². The van der Waals surface area contributed by atoms with E-state index in [4.69, 9.17) is 21.1 Å². The quantitative estimate of drug-likeness (QED) is 0.901. The standard InChI is InChI=1S/C13H18ClNO2/c1-8-4-11(15-7-8)9-5-10(14)13(17-3)6-12(9)16-2/h5-6,8,11,15H,4,7H2,1-3H3. The third kappa shape index (κ3) is 2.50. The fraction of sp³-hybridized carbons (Fsp3) is 0.538. The van der Waals surface area contributed by atoms with Gasteiger partial charge in [0.1, 0.15) is 11.5 Å². The van der Waals surface area contributed by atoms with Crippen LogP contribution in [0.1, 0.15) is 24.9 Å². The molecule has 0 amide bonds. The largest absolute Gasteiger partial charge is 0.496 e. The van der Waals surface area contributed by atoms with Crippen LogP contribution in [0.15, 0.2) is 12.1 Å². The maximum absolute atomic E-state index is 6.16. The first-order valence-corrected chi connectivity index (χ1v) is 6.18. The molecule has 1 saturated heterocycles. The van der Waals surface area contributed by atoms with Crippen molar-refractivity contribution >= 4 is 11.6 Å². The van der Waals surface area contributed by atoms with Crippen LogP contribution in [0.3, 0.4) is 0 Å². The van der Waals surface area contributed by atoms with Gasteiger partial charge >= 0.3 is 0 Å². The lowest BCUT2D eigenvalue weighted by molar-refractivity contribution is 0.386. The Kier molecular flexibility index (Phi) is 3.79. The molecular formula is C13H18ClNO2. The molecule has 2 unspecified atom stereocenters. The number of methoxy groups -OCH3 is 2. The van der Waals surface area contributed by atoms with Crippen molar-refractivity contribution in [3.8, 4) is 11.5 Å². The fourth-order valence-corrected chi connectivity index (χ4v) is 2.55. The van der Waals surface area contributed by atoms with Crippen LogP contribution in [0.4, 0.5) is 0 Å². The van der Waals surface area contributed by atoms with Crippen molar-refractivity contribution in [3.63, 3.8) is 0 Å². The smallest absolute Gasteiger partial charge is 0.141 e. The molecule has 0 saturated carbocycles. The molecule has 0 aliphatic carbocycles. The van der Waals surface area contributed by atoms with E-state index in [2.05, 4.69) is 12.2 Å². The molecule has 3 nitrogen and oxygen atoms in total. The highest BCUT2D eigenvalue weighted by molar-refractivity contribution is 6.32. The summed E-state index contributed by atoms with van der Waals surface area (Å²) < 4.78 is 10.6. The molecule has 0 bridgehead atoms. The first kappa shape index (κ1) is 12.5. The van der Waals surface area contributed by atoms with Gasteiger partial charge in [-0.3, -0.25) is 0 Å². The minimum Gasteiger partial charge on any atom is -0.496 e. The Balaban J connectivity index is 2.35. The zero-order chi connectivity index (χ0) is 12.4. The lowest BCUT2D eigenvalue weighted by Crippen LogP contribution is -2.14. The van der Waals surface area contributed by atoms with Crippen molar-refractivity contribution in [2.45, 2.75) is 19.4 Å². The molecule has 1 heterocycles. The summed E-state index contributed by atoms with van der Waals surface area (Å²) in [6.07, 6.45) is 1.11. The normalized spacial score (nSPS) is 23.8. The van der Waals surface area contributed by atoms with Crippen LogP contribution in [0.25, 0.3) is 0 Å². The van der Waals surface area contributed by atoms with E-state index in [1.807, 2.05) is 12.1 Å². The van der Waals surface area contributed by atoms with Gasteiger partial charge in [0.2, 0.25) is 0 Å². The summed E-state index contributed by atoms with van der Waals surface area (Å²) in [5.74, 6) is 2.17. The maximum atomic E-state index is 6.16. The highest BCUT2D eigenvalue weighted by Crippen LogP contribution is 2.39. The molecule has 1 aromatic rings. The second-order valence-corrected chi connectivity index (χ2v) is 4.94. The molecule has 0 aromatic heterocycles. The van der Waals surface area contributed by atoms with Gasteiger partial charge in [-0.05, 0) is 24.9 Å². The summed E-state index contributed by atoms with van der Waals surface area (Å²) in [7, 11) is 3.28. The topological polar surface area (TPSA) is 30.5 Å². The Labute approximate surface area is 107 Å². The van der Waals surface area contributed by atoms with Crippen LogP contribution in [0.2, 0.25) is 5.02 Å². The Bertz CT molecular complexity index is 409. The number of hydrogen-bond acceptors (Lipinski definition) is 3. The Morgan fingerprint density at radius 2 is 1.94 bits per heavy atom. The van der Waals surface area contributed by atoms with Crippen molar-refractivity contribution in [2.24, 2.45) is 5.92 Å². The van der Waals surface area contributed by atoms with Crippen LogP contribution in [0, 0.1) is 5.92 Å². The van der Waals surface area contributed by atoms with E-state index in [1.165, 1.54) is 0 Å². The Morgan fingerprint density at radius 1 is 1.24 bits per heavy atom. The summed E-state index contributed by atoms with van der Waals surface area (Å²) >= 11 is 6.16. The molecule has 1 aliphatic heterocycles. The van der Waals surface area contributed by atoms with E-state index in [-0.39, 0.29) is 0 Å². The lowest BCUT2D eigenvalue weighted by Gasteiger charge is -2.17. The number of rotatable bonds is 3. The predicted octanol–water partition coefficient (Wildman–Crippen LogP) is 3.03. The van der Waals surface area contributed by atoms with E-state index >= 15 is 0 Å². The monoisotopic (exact) mass is 255 g/mol. The van der Waals surface area contributed by atoms with Crippen molar-refractivity contribution in [2.75, 3.05) is 20.8 Å². The van der Waals surface area contributed by atoms with Crippen molar-refractivity contribution < 1.29 is 9.47 Å². The maximum Gasteiger partial charge on any atom is 0.141 e. The summed E-state index contributed by atoms with van der Waals surface area (Å²) in [4.78, 5) is 0. The fourth-order valence-electron chi connectivity index (χ4n) is 2.31. The summed E-state index contributed by atoms with van der Waals surface area (Å²) in [6, 6.07) is 4.11. The highest BCUT2D eigenvalue weighted by atomic mass is 35.5. The summed E-state index contributed by atoms with van der Waals surface area (Å²) in [5.41, 5.74) is 1.11. The van der Waals surface area contributed by atoms with Crippen LogP contribution in [-0.4, -0.2) is 20.8 Å². The zero-order valence-corrected chi connectivity index (χ0v) is 11.2. The minimum atomic E-state index is 0.323. The minimum absolute atomic E-state index is 0.323. The van der Waals surface area contributed by atoms with Crippen LogP contribution < -0.4 is 14.8 Å². The van der Waals surface area contributed by atoms with Gasteiger partial charge in [0.05, 0.1) is 19.2 Å². The van der Waals surface area contributed by atoms with Gasteiger partial charge < -0.3 is 14.8 Å². The molecule has 0 spiro atoms. The molecule has 0 radical (unpaired) electrons. The molecule has 2 atom stereocenters.